The van der Waals surface area contributed by atoms with Crippen molar-refractivity contribution >= 4 is 11.8 Å². The number of amides is 2. The summed E-state index contributed by atoms with van der Waals surface area (Å²) in [6.45, 7) is 1.73. The number of hydrogen-bond acceptors (Lipinski definition) is 5. The summed E-state index contributed by atoms with van der Waals surface area (Å²) in [4.78, 5) is 24.7. The van der Waals surface area contributed by atoms with E-state index in [0.29, 0.717) is 35.8 Å². The average molecular weight is 447 g/mol. The molecule has 0 bridgehead atoms. The number of hydrazine groups is 1. The minimum Gasteiger partial charge on any atom is -0.491 e. The van der Waals surface area contributed by atoms with Crippen LogP contribution in [-0.2, 0) is 11.3 Å². The zero-order valence-electron chi connectivity index (χ0n) is 18.2. The van der Waals surface area contributed by atoms with Gasteiger partial charge in [0, 0.05) is 17.7 Å². The summed E-state index contributed by atoms with van der Waals surface area (Å²) >= 11 is 0. The molecule has 2 amide bonds. The molecule has 1 fully saturated rings. The van der Waals surface area contributed by atoms with Gasteiger partial charge in [0.1, 0.15) is 24.7 Å². The number of benzene rings is 3. The van der Waals surface area contributed by atoms with Gasteiger partial charge in [-0.2, -0.15) is 0 Å². The van der Waals surface area contributed by atoms with Crippen LogP contribution in [0.3, 0.4) is 0 Å². The fraction of sp³-hybridized carbons (Fsp3) is 0.231. The minimum atomic E-state index is -0.422. The predicted octanol–water partition coefficient (Wildman–Crippen LogP) is 3.90. The van der Waals surface area contributed by atoms with Crippen LogP contribution in [-0.4, -0.2) is 31.1 Å². The van der Waals surface area contributed by atoms with Crippen LogP contribution in [0.5, 0.6) is 11.5 Å². The van der Waals surface area contributed by atoms with Crippen molar-refractivity contribution in [2.24, 2.45) is 0 Å². The fourth-order valence-electron chi connectivity index (χ4n) is 3.37. The van der Waals surface area contributed by atoms with Crippen LogP contribution in [0, 0.1) is 0 Å². The number of carbonyl (C=O) groups excluding carboxylic acids is 2. The van der Waals surface area contributed by atoms with Crippen LogP contribution >= 0.6 is 0 Å². The molecule has 1 aliphatic heterocycles. The summed E-state index contributed by atoms with van der Waals surface area (Å²) in [5.41, 5.74) is 6.72. The topological polar surface area (TPSA) is 85.9 Å². The summed E-state index contributed by atoms with van der Waals surface area (Å²) in [5.74, 6) is 0.480. The lowest BCUT2D eigenvalue weighted by Crippen LogP contribution is -2.41. The highest BCUT2D eigenvalue weighted by molar-refractivity contribution is 5.99. The standard InChI is InChI=1S/C26H26N2O5/c29-25(20-8-12-22(13-9-20)32-17-19-5-2-1-3-6-19)27-28-26(30)21-10-14-23(15-11-21)33-18-24-7-4-16-31-24/h1-3,5-6,8-15,24H,4,7,16-18H2,(H,27,29)(H,28,30). The Balaban J connectivity index is 1.22. The van der Waals surface area contributed by atoms with Gasteiger partial charge in [-0.3, -0.25) is 20.4 Å². The summed E-state index contributed by atoms with van der Waals surface area (Å²) in [5, 5.41) is 0. The summed E-state index contributed by atoms with van der Waals surface area (Å²) in [6.07, 6.45) is 2.20. The fourth-order valence-corrected chi connectivity index (χ4v) is 3.37. The first-order chi connectivity index (χ1) is 16.2. The van der Waals surface area contributed by atoms with E-state index >= 15 is 0 Å². The monoisotopic (exact) mass is 446 g/mol. The molecule has 0 aliphatic carbocycles. The molecule has 3 aromatic rings. The first kappa shape index (κ1) is 22.4. The number of ether oxygens (including phenoxy) is 3. The third kappa shape index (κ3) is 6.57. The molecule has 2 N–H and O–H groups in total. The van der Waals surface area contributed by atoms with Gasteiger partial charge in [0.25, 0.3) is 11.8 Å². The normalized spacial score (nSPS) is 15.0. The van der Waals surface area contributed by atoms with Gasteiger partial charge < -0.3 is 14.2 Å². The van der Waals surface area contributed by atoms with E-state index in [-0.39, 0.29) is 6.10 Å². The highest BCUT2D eigenvalue weighted by Gasteiger charge is 2.16. The zero-order valence-corrected chi connectivity index (χ0v) is 18.2. The zero-order chi connectivity index (χ0) is 22.9. The highest BCUT2D eigenvalue weighted by Crippen LogP contribution is 2.17. The van der Waals surface area contributed by atoms with E-state index < -0.39 is 11.8 Å². The van der Waals surface area contributed by atoms with Crippen LogP contribution in [0.4, 0.5) is 0 Å². The maximum absolute atomic E-state index is 12.3. The molecule has 1 aliphatic rings. The van der Waals surface area contributed by atoms with Crippen LogP contribution in [0.25, 0.3) is 0 Å². The highest BCUT2D eigenvalue weighted by atomic mass is 16.5. The van der Waals surface area contributed by atoms with Crippen LogP contribution in [0.2, 0.25) is 0 Å². The van der Waals surface area contributed by atoms with Gasteiger partial charge in [-0.05, 0) is 66.9 Å². The van der Waals surface area contributed by atoms with Crippen molar-refractivity contribution in [1.29, 1.82) is 0 Å². The van der Waals surface area contributed by atoms with E-state index in [1.165, 1.54) is 0 Å². The Morgan fingerprint density at radius 2 is 1.36 bits per heavy atom. The third-order valence-corrected chi connectivity index (χ3v) is 5.23. The molecule has 0 aromatic heterocycles. The molecule has 0 saturated carbocycles. The van der Waals surface area contributed by atoms with E-state index in [4.69, 9.17) is 14.2 Å². The second-order valence-corrected chi connectivity index (χ2v) is 7.68. The van der Waals surface area contributed by atoms with E-state index in [2.05, 4.69) is 10.9 Å². The molecule has 0 spiro atoms. The molecule has 7 heteroatoms. The SMILES string of the molecule is O=C(NNC(=O)c1ccc(OCC2CCCO2)cc1)c1ccc(OCc2ccccc2)cc1. The molecule has 1 unspecified atom stereocenters. The molecule has 7 nitrogen and oxygen atoms in total. The van der Waals surface area contributed by atoms with Crippen molar-refractivity contribution < 1.29 is 23.8 Å². The molecule has 33 heavy (non-hydrogen) atoms. The van der Waals surface area contributed by atoms with Gasteiger partial charge in [0.15, 0.2) is 0 Å². The Bertz CT molecular complexity index is 1050. The van der Waals surface area contributed by atoms with Gasteiger partial charge >= 0.3 is 0 Å². The van der Waals surface area contributed by atoms with Crippen molar-refractivity contribution in [3.8, 4) is 11.5 Å². The lowest BCUT2D eigenvalue weighted by molar-refractivity contribution is 0.0679. The molecule has 4 rings (SSSR count). The van der Waals surface area contributed by atoms with Gasteiger partial charge in [-0.15, -0.1) is 0 Å². The number of hydrogen-bond donors (Lipinski definition) is 2. The maximum Gasteiger partial charge on any atom is 0.269 e. The van der Waals surface area contributed by atoms with E-state index in [9.17, 15) is 9.59 Å². The van der Waals surface area contributed by atoms with E-state index in [1.54, 1.807) is 48.5 Å². The molecule has 1 saturated heterocycles. The van der Waals surface area contributed by atoms with E-state index in [1.807, 2.05) is 30.3 Å². The Labute approximate surface area is 192 Å². The average Bonchev–Trinajstić information content (AvgIpc) is 3.40. The Morgan fingerprint density at radius 3 is 1.91 bits per heavy atom. The molecule has 170 valence electrons. The molecular weight excluding hydrogens is 420 g/mol. The first-order valence-corrected chi connectivity index (χ1v) is 10.9. The quantitative estimate of drug-likeness (QED) is 0.513. The maximum atomic E-state index is 12.3. The molecular formula is C26H26N2O5. The van der Waals surface area contributed by atoms with Crippen molar-refractivity contribution in [2.75, 3.05) is 13.2 Å². The summed E-state index contributed by atoms with van der Waals surface area (Å²) < 4.78 is 16.9. The van der Waals surface area contributed by atoms with Crippen LogP contribution < -0.4 is 20.3 Å². The Morgan fingerprint density at radius 1 is 0.788 bits per heavy atom. The second-order valence-electron chi connectivity index (χ2n) is 7.68. The van der Waals surface area contributed by atoms with Gasteiger partial charge in [0.2, 0.25) is 0 Å². The lowest BCUT2D eigenvalue weighted by Gasteiger charge is -2.12. The van der Waals surface area contributed by atoms with Crippen LogP contribution in [0.15, 0.2) is 78.9 Å². The number of nitrogens with one attached hydrogen (secondary N) is 2. The van der Waals surface area contributed by atoms with Crippen LogP contribution in [0.1, 0.15) is 39.1 Å². The van der Waals surface area contributed by atoms with Crippen molar-refractivity contribution in [1.82, 2.24) is 10.9 Å². The van der Waals surface area contributed by atoms with Crippen molar-refractivity contribution in [2.45, 2.75) is 25.6 Å². The smallest absolute Gasteiger partial charge is 0.269 e. The molecule has 1 heterocycles. The minimum absolute atomic E-state index is 0.132. The Kier molecular flexibility index (Phi) is 7.56. The second kappa shape index (κ2) is 11.2. The number of carbonyl (C=O) groups is 2. The third-order valence-electron chi connectivity index (χ3n) is 5.23. The predicted molar refractivity (Wildman–Crippen MR) is 123 cm³/mol. The van der Waals surface area contributed by atoms with Gasteiger partial charge in [0.05, 0.1) is 6.10 Å². The largest absolute Gasteiger partial charge is 0.491 e. The van der Waals surface area contributed by atoms with Crippen molar-refractivity contribution in [3.05, 3.63) is 95.6 Å². The van der Waals surface area contributed by atoms with Gasteiger partial charge in [-0.25, -0.2) is 0 Å². The van der Waals surface area contributed by atoms with Gasteiger partial charge in [-0.1, -0.05) is 30.3 Å². The molecule has 1 atom stereocenters. The summed E-state index contributed by atoms with van der Waals surface area (Å²) in [6, 6.07) is 23.3. The molecule has 3 aromatic carbocycles. The molecule has 0 radical (unpaired) electrons. The Hall–Kier alpha value is -3.84. The lowest BCUT2D eigenvalue weighted by atomic mass is 10.2. The van der Waals surface area contributed by atoms with E-state index in [0.717, 1.165) is 25.0 Å². The van der Waals surface area contributed by atoms with Crippen molar-refractivity contribution in [3.63, 3.8) is 0 Å². The first-order valence-electron chi connectivity index (χ1n) is 10.9. The summed E-state index contributed by atoms with van der Waals surface area (Å²) in [7, 11) is 0. The number of rotatable bonds is 8.